The zero-order valence-corrected chi connectivity index (χ0v) is 38.5. The molecule has 8 N–H and O–H groups in total. The van der Waals surface area contributed by atoms with Crippen molar-refractivity contribution in [1.82, 2.24) is 26.6 Å². The lowest BCUT2D eigenvalue weighted by atomic mass is 9.98. The zero-order chi connectivity index (χ0) is 49.2. The monoisotopic (exact) mass is 999 g/mol. The summed E-state index contributed by atoms with van der Waals surface area (Å²) in [4.78, 5) is 65.4. The van der Waals surface area contributed by atoms with Crippen molar-refractivity contribution in [2.45, 2.75) is 49.2 Å². The van der Waals surface area contributed by atoms with E-state index < -0.39 is 102 Å². The highest BCUT2D eigenvalue weighted by molar-refractivity contribution is 7.86. The summed E-state index contributed by atoms with van der Waals surface area (Å²) in [5.41, 5.74) is 7.65. The molecule has 24 heteroatoms. The van der Waals surface area contributed by atoms with Crippen molar-refractivity contribution < 1.29 is 72.4 Å². The Labute approximate surface area is 392 Å². The molecule has 3 atom stereocenters. The molecule has 0 spiro atoms. The SMILES string of the molecule is O=C(NCCCCCNC(=O)C(CS(=O)(=O)O)NC(=O)C(CS(=O)(=O)O)NC(=O)C(CS(=O)(=O)O)NC(=O)OCC1c2ccccc2-c2ccccc21)OCC1c2ccccc2-c2ccccc21. The van der Waals surface area contributed by atoms with Crippen LogP contribution in [0.2, 0.25) is 0 Å². The van der Waals surface area contributed by atoms with Crippen LogP contribution in [0.1, 0.15) is 53.4 Å². The van der Waals surface area contributed by atoms with Gasteiger partial charge in [-0.05, 0) is 63.8 Å². The number of rotatable bonds is 22. The van der Waals surface area contributed by atoms with E-state index in [1.165, 1.54) is 0 Å². The van der Waals surface area contributed by atoms with Crippen LogP contribution in [0.3, 0.4) is 0 Å². The number of nitrogens with one attached hydrogen (secondary N) is 5. The molecule has 0 heterocycles. The van der Waals surface area contributed by atoms with Gasteiger partial charge in [0.15, 0.2) is 0 Å². The number of carbonyl (C=O) groups excluding carboxylic acids is 5. The van der Waals surface area contributed by atoms with Crippen LogP contribution in [0.15, 0.2) is 97.1 Å². The molecule has 6 rings (SSSR count). The highest BCUT2D eigenvalue weighted by Gasteiger charge is 2.36. The lowest BCUT2D eigenvalue weighted by Crippen LogP contribution is -2.60. The maximum atomic E-state index is 13.4. The van der Waals surface area contributed by atoms with E-state index in [0.29, 0.717) is 12.8 Å². The fourth-order valence-corrected chi connectivity index (χ4v) is 10.1. The van der Waals surface area contributed by atoms with E-state index >= 15 is 0 Å². The molecule has 68 heavy (non-hydrogen) atoms. The number of unbranched alkanes of at least 4 members (excludes halogenated alkanes) is 2. The van der Waals surface area contributed by atoms with Gasteiger partial charge in [-0.25, -0.2) is 9.59 Å². The second-order valence-corrected chi connectivity index (χ2v) is 20.5. The van der Waals surface area contributed by atoms with Crippen molar-refractivity contribution in [1.29, 1.82) is 0 Å². The first-order valence-electron chi connectivity index (χ1n) is 21.1. The lowest BCUT2D eigenvalue weighted by Gasteiger charge is -2.24. The van der Waals surface area contributed by atoms with E-state index in [0.717, 1.165) is 44.5 Å². The Hall–Kier alpha value is -6.44. The smallest absolute Gasteiger partial charge is 0.407 e. The van der Waals surface area contributed by atoms with Gasteiger partial charge in [0, 0.05) is 24.9 Å². The normalized spacial score (nSPS) is 14.5. The first-order valence-corrected chi connectivity index (χ1v) is 25.9. The molecular formula is C44H49N5O16S3. The molecule has 0 aromatic heterocycles. The van der Waals surface area contributed by atoms with E-state index in [1.54, 1.807) is 12.1 Å². The quantitative estimate of drug-likeness (QED) is 0.0414. The summed E-state index contributed by atoms with van der Waals surface area (Å²) < 4.78 is 111. The number of benzene rings is 4. The van der Waals surface area contributed by atoms with Crippen molar-refractivity contribution in [2.24, 2.45) is 0 Å². The molecule has 0 saturated heterocycles. The van der Waals surface area contributed by atoms with Crippen LogP contribution < -0.4 is 26.6 Å². The fraction of sp³-hybridized carbons (Fsp3) is 0.341. The Morgan fingerprint density at radius 2 is 0.765 bits per heavy atom. The molecular weight excluding hydrogens is 951 g/mol. The van der Waals surface area contributed by atoms with Crippen LogP contribution in [0.25, 0.3) is 22.3 Å². The van der Waals surface area contributed by atoms with Crippen LogP contribution in [0, 0.1) is 0 Å². The second-order valence-electron chi connectivity index (χ2n) is 16.0. The third kappa shape index (κ3) is 14.1. The molecule has 3 unspecified atom stereocenters. The highest BCUT2D eigenvalue weighted by atomic mass is 32.2. The third-order valence-corrected chi connectivity index (χ3v) is 13.4. The van der Waals surface area contributed by atoms with E-state index in [2.05, 4.69) is 10.6 Å². The van der Waals surface area contributed by atoms with Gasteiger partial charge < -0.3 is 36.1 Å². The maximum Gasteiger partial charge on any atom is 0.407 e. The van der Waals surface area contributed by atoms with Crippen LogP contribution in [-0.4, -0.2) is 131 Å². The van der Waals surface area contributed by atoms with Gasteiger partial charge in [-0.1, -0.05) is 97.1 Å². The van der Waals surface area contributed by atoms with Crippen LogP contribution in [0.4, 0.5) is 9.59 Å². The van der Waals surface area contributed by atoms with Gasteiger partial charge >= 0.3 is 12.2 Å². The molecule has 2 aliphatic carbocycles. The Bertz CT molecular complexity index is 2790. The summed E-state index contributed by atoms with van der Waals surface area (Å²) >= 11 is 0. The Kier molecular flexibility index (Phi) is 16.6. The molecule has 364 valence electrons. The average molecular weight is 1000 g/mol. The van der Waals surface area contributed by atoms with E-state index in [-0.39, 0.29) is 38.6 Å². The van der Waals surface area contributed by atoms with Gasteiger partial charge in [-0.2, -0.15) is 25.3 Å². The number of carbonyl (C=O) groups is 5. The molecule has 0 radical (unpaired) electrons. The van der Waals surface area contributed by atoms with Gasteiger partial charge in [0.05, 0.1) is 0 Å². The Morgan fingerprint density at radius 1 is 0.441 bits per heavy atom. The molecule has 0 saturated carbocycles. The van der Waals surface area contributed by atoms with Crippen LogP contribution in [0.5, 0.6) is 0 Å². The molecule has 21 nitrogen and oxygen atoms in total. The summed E-state index contributed by atoms with van der Waals surface area (Å²) in [7, 11) is -15.3. The average Bonchev–Trinajstić information content (AvgIpc) is 3.77. The van der Waals surface area contributed by atoms with Gasteiger partial charge in [0.25, 0.3) is 30.4 Å². The van der Waals surface area contributed by atoms with E-state index in [4.69, 9.17) is 9.47 Å². The largest absolute Gasteiger partial charge is 0.449 e. The number of hydrogen-bond acceptors (Lipinski definition) is 13. The van der Waals surface area contributed by atoms with Crippen LogP contribution in [-0.2, 0) is 54.2 Å². The van der Waals surface area contributed by atoms with E-state index in [9.17, 15) is 62.9 Å². The first kappa shape index (κ1) is 51.0. The van der Waals surface area contributed by atoms with Gasteiger partial charge in [0.2, 0.25) is 17.7 Å². The minimum absolute atomic E-state index is 0.105. The fourth-order valence-electron chi connectivity index (χ4n) is 8.11. The minimum atomic E-state index is -5.17. The molecule has 2 aliphatic rings. The predicted molar refractivity (Wildman–Crippen MR) is 245 cm³/mol. The zero-order valence-electron chi connectivity index (χ0n) is 36.1. The molecule has 0 bridgehead atoms. The maximum absolute atomic E-state index is 13.4. The summed E-state index contributed by atoms with van der Waals surface area (Å²) in [6.45, 7) is -0.0810. The molecule has 5 amide bonds. The molecule has 4 aromatic rings. The van der Waals surface area contributed by atoms with Gasteiger partial charge in [-0.3, -0.25) is 28.0 Å². The van der Waals surface area contributed by atoms with E-state index in [1.807, 2.05) is 101 Å². The number of alkyl carbamates (subject to hydrolysis) is 2. The molecule has 0 aliphatic heterocycles. The Balaban J connectivity index is 0.991. The third-order valence-electron chi connectivity index (χ3n) is 11.1. The Morgan fingerprint density at radius 3 is 1.15 bits per heavy atom. The summed E-state index contributed by atoms with van der Waals surface area (Å²) in [5.74, 6) is -9.53. The molecule has 4 aromatic carbocycles. The van der Waals surface area contributed by atoms with Crippen molar-refractivity contribution >= 4 is 60.3 Å². The van der Waals surface area contributed by atoms with Crippen molar-refractivity contribution in [3.8, 4) is 22.3 Å². The standard InChI is InChI=1S/C44H49N5O16S3/c50-40(45-20-10-1-11-21-46-43(53)64-22-35-31-16-6-2-12-27(31)28-13-3-7-17-32(28)35)37(24-66(55,56)57)47-41(51)38(25-67(58,59)60)48-42(52)39(26-68(61,62)63)49-44(54)65-23-36-33-18-8-4-14-29(33)30-15-5-9-19-34(30)36/h2-9,12-19,35-39H,1,10-11,20-26H2,(H,45,50)(H,46,53)(H,47,51)(H,48,52)(H,49,54)(H,55,56,57)(H,58,59,60)(H,61,62,63). The number of amides is 5. The minimum Gasteiger partial charge on any atom is -0.449 e. The lowest BCUT2D eigenvalue weighted by molar-refractivity contribution is -0.131. The topological polar surface area (TPSA) is 327 Å². The molecule has 0 fully saturated rings. The van der Waals surface area contributed by atoms with Crippen LogP contribution >= 0.6 is 0 Å². The second kappa shape index (κ2) is 22.1. The number of hydrogen-bond donors (Lipinski definition) is 8. The summed E-state index contributed by atoms with van der Waals surface area (Å²) in [5, 5.41) is 10.7. The van der Waals surface area contributed by atoms with Crippen molar-refractivity contribution in [3.05, 3.63) is 119 Å². The summed E-state index contributed by atoms with van der Waals surface area (Å²) in [6.07, 6.45) is -0.859. The van der Waals surface area contributed by atoms with Crippen molar-refractivity contribution in [2.75, 3.05) is 43.6 Å². The number of fused-ring (bicyclic) bond motifs is 6. The summed E-state index contributed by atoms with van der Waals surface area (Å²) in [6, 6.07) is 23.6. The van der Waals surface area contributed by atoms with Gasteiger partial charge in [-0.15, -0.1) is 0 Å². The first-order chi connectivity index (χ1) is 32.2. The number of ether oxygens (including phenoxy) is 2. The van der Waals surface area contributed by atoms with Gasteiger partial charge in [0.1, 0.15) is 48.6 Å². The van der Waals surface area contributed by atoms with Crippen molar-refractivity contribution in [3.63, 3.8) is 0 Å². The highest BCUT2D eigenvalue weighted by Crippen LogP contribution is 2.45. The predicted octanol–water partition coefficient (Wildman–Crippen LogP) is 2.35.